The number of H-pyrrole nitrogens is 1. The number of amides is 1. The van der Waals surface area contributed by atoms with Crippen LogP contribution in [0.2, 0.25) is 0 Å². The van der Waals surface area contributed by atoms with Gasteiger partial charge in [-0.05, 0) is 74.2 Å². The zero-order valence-electron chi connectivity index (χ0n) is 33.6. The molecule has 0 bridgehead atoms. The number of hydrogen-bond acceptors (Lipinski definition) is 10. The highest BCUT2D eigenvalue weighted by molar-refractivity contribution is 14.1. The van der Waals surface area contributed by atoms with E-state index < -0.39 is 49.2 Å². The van der Waals surface area contributed by atoms with E-state index in [-0.39, 0.29) is 22.6 Å². The molecule has 0 radical (unpaired) electrons. The molecule has 0 saturated carbocycles. The van der Waals surface area contributed by atoms with Crippen LogP contribution in [0.4, 0.5) is 14.5 Å². The molecule has 13 nitrogen and oxygen atoms in total. The second kappa shape index (κ2) is 16.5. The van der Waals surface area contributed by atoms with Gasteiger partial charge >= 0.3 is 5.97 Å². The zero-order valence-corrected chi connectivity index (χ0v) is 37.4. The summed E-state index contributed by atoms with van der Waals surface area (Å²) < 4.78 is 66.9. The minimum atomic E-state index is -4.06. The van der Waals surface area contributed by atoms with Crippen LogP contribution in [-0.2, 0) is 19.6 Å². The topological polar surface area (TPSA) is 184 Å². The van der Waals surface area contributed by atoms with Gasteiger partial charge in [0.1, 0.15) is 27.0 Å². The van der Waals surface area contributed by atoms with Crippen LogP contribution in [0, 0.1) is 50.7 Å². The Balaban J connectivity index is 0.999. The predicted octanol–water partition coefficient (Wildman–Crippen LogP) is 8.98. The van der Waals surface area contributed by atoms with Crippen LogP contribution < -0.4 is 10.0 Å². The molecule has 4 aromatic carbocycles. The van der Waals surface area contributed by atoms with E-state index in [4.69, 9.17) is 9.73 Å². The van der Waals surface area contributed by atoms with Gasteiger partial charge in [0.25, 0.3) is 15.9 Å². The molecule has 62 heavy (non-hydrogen) atoms. The largest absolute Gasteiger partial charge is 0.469 e. The monoisotopic (exact) mass is 984 g/mol. The molecule has 0 fully saturated rings. The van der Waals surface area contributed by atoms with Crippen LogP contribution in [0.3, 0.4) is 0 Å². The number of hydrogen-bond donors (Lipinski definition) is 3. The predicted molar refractivity (Wildman–Crippen MR) is 239 cm³/mol. The molecule has 0 spiro atoms. The van der Waals surface area contributed by atoms with Gasteiger partial charge in [-0.15, -0.1) is 21.5 Å². The second-order valence-electron chi connectivity index (χ2n) is 14.5. The van der Waals surface area contributed by atoms with Crippen molar-refractivity contribution >= 4 is 78.1 Å². The van der Waals surface area contributed by atoms with Gasteiger partial charge in [-0.25, -0.2) is 17.2 Å². The number of benzene rings is 4. The minimum Gasteiger partial charge on any atom is -0.469 e. The summed E-state index contributed by atoms with van der Waals surface area (Å²) in [5.74, 6) is -2.74. The summed E-state index contributed by atoms with van der Waals surface area (Å²) in [6.45, 7) is 7.66. The number of halogens is 3. The summed E-state index contributed by atoms with van der Waals surface area (Å²) in [5, 5.41) is 22.2. The number of aromatic nitrogens is 4. The van der Waals surface area contributed by atoms with Crippen molar-refractivity contribution in [3.63, 3.8) is 0 Å². The molecule has 314 valence electrons. The number of ether oxygens (including phenoxy) is 1. The molecule has 3 aromatic heterocycles. The Kier molecular flexibility index (Phi) is 11.3. The van der Waals surface area contributed by atoms with E-state index in [1.807, 2.05) is 54.9 Å². The van der Waals surface area contributed by atoms with Crippen LogP contribution >= 0.6 is 33.9 Å². The molecule has 2 atom stereocenters. The number of thiophene rings is 1. The number of carbonyl (C=O) groups is 2. The highest BCUT2D eigenvalue weighted by atomic mass is 127. The Morgan fingerprint density at radius 1 is 0.984 bits per heavy atom. The first-order valence-electron chi connectivity index (χ1n) is 19.0. The van der Waals surface area contributed by atoms with Crippen LogP contribution in [0.5, 0.6) is 0 Å². The molecular formula is C44H35F2IN8O5S2. The lowest BCUT2D eigenvalue weighted by molar-refractivity contribution is -0.141. The zero-order chi connectivity index (χ0) is 44.2. The van der Waals surface area contributed by atoms with Crippen molar-refractivity contribution in [3.8, 4) is 22.2 Å². The normalized spacial score (nSPS) is 14.0. The van der Waals surface area contributed by atoms with Gasteiger partial charge in [-0.3, -0.25) is 23.9 Å². The van der Waals surface area contributed by atoms with Crippen LogP contribution in [0.25, 0.3) is 27.0 Å². The summed E-state index contributed by atoms with van der Waals surface area (Å²) in [6.07, 6.45) is 1.45. The van der Waals surface area contributed by atoms with Gasteiger partial charge in [0.05, 0.1) is 46.5 Å². The standard InChI is InChI=1S/C44H35F2IN8O5S2/c1-21-6-17-32(40-35(21)28(19-48)20-49-40)54-62(58,59)29-13-11-27(12-14-29)41(47)51-43(57)31-16-15-30(37(45)38(31)46)25-7-9-26(10-8-25)39-36-22(2)23(3)61-44(36)55-24(4)52-53-42(55)33(50-39)18-34(56)60-5/h6-17,20,33,41,49,54H,18H2,1-5H3,(H,51,57)/t33-,41?/m0/s1. The van der Waals surface area contributed by atoms with Gasteiger partial charge in [-0.1, -0.05) is 71.1 Å². The number of aromatic amines is 1. The van der Waals surface area contributed by atoms with E-state index in [1.54, 1.807) is 47.7 Å². The van der Waals surface area contributed by atoms with E-state index in [2.05, 4.69) is 31.3 Å². The second-order valence-corrected chi connectivity index (χ2v) is 18.7. The number of nitriles is 1. The number of rotatable bonds is 10. The molecule has 0 aliphatic carbocycles. The third-order valence-corrected chi connectivity index (χ3v) is 14.4. The minimum absolute atomic E-state index is 0.0551. The molecule has 0 saturated heterocycles. The Hall–Kier alpha value is -6.30. The van der Waals surface area contributed by atoms with Crippen LogP contribution in [0.15, 0.2) is 88.9 Å². The van der Waals surface area contributed by atoms with E-state index in [0.29, 0.717) is 50.5 Å². The molecular weight excluding hydrogens is 950 g/mol. The number of esters is 1. The first kappa shape index (κ1) is 42.4. The van der Waals surface area contributed by atoms with Crippen molar-refractivity contribution in [2.75, 3.05) is 11.8 Å². The van der Waals surface area contributed by atoms with E-state index >= 15 is 8.78 Å². The average molecular weight is 985 g/mol. The maximum absolute atomic E-state index is 15.8. The SMILES string of the molecule is COC(=O)C[C@@H]1N=C(c2ccc(-c3ccc(C(=O)NC(I)c4ccc(S(=O)(=O)Nc5ccc(C)c6c(C#N)c[nH]c56)cc4)c(F)c3F)cc2)c2c(sc(C)c2C)-n2c(C)nnc21. The lowest BCUT2D eigenvalue weighted by Gasteiger charge is -2.15. The number of sulfonamides is 1. The van der Waals surface area contributed by atoms with Crippen molar-refractivity contribution in [2.45, 2.75) is 49.1 Å². The highest BCUT2D eigenvalue weighted by Gasteiger charge is 2.33. The number of fused-ring (bicyclic) bond motifs is 4. The third kappa shape index (κ3) is 7.53. The van der Waals surface area contributed by atoms with Crippen molar-refractivity contribution in [1.29, 1.82) is 5.26 Å². The lowest BCUT2D eigenvalue weighted by atomic mass is 9.96. The fraction of sp³-hybridized carbons (Fsp3) is 0.182. The van der Waals surface area contributed by atoms with Crippen molar-refractivity contribution in [2.24, 2.45) is 4.99 Å². The first-order valence-corrected chi connectivity index (χ1v) is 22.5. The number of aryl methyl sites for hydroxylation is 3. The summed E-state index contributed by atoms with van der Waals surface area (Å²) in [6, 6.07) is 19.8. The van der Waals surface area contributed by atoms with Gasteiger partial charge in [0, 0.05) is 33.2 Å². The number of nitrogens with zero attached hydrogens (tertiary/aromatic N) is 5. The quantitative estimate of drug-likeness (QED) is 0.0525. The molecule has 1 unspecified atom stereocenters. The smallest absolute Gasteiger partial charge is 0.308 e. The summed E-state index contributed by atoms with van der Waals surface area (Å²) in [7, 11) is -2.75. The van der Waals surface area contributed by atoms with E-state index in [9.17, 15) is 23.3 Å². The van der Waals surface area contributed by atoms with Gasteiger partial charge in [-0.2, -0.15) is 5.26 Å². The summed E-state index contributed by atoms with van der Waals surface area (Å²) in [4.78, 5) is 34.8. The van der Waals surface area contributed by atoms with Gasteiger partial charge in [0.2, 0.25) is 0 Å². The Bertz CT molecular complexity index is 3150. The molecule has 1 amide bonds. The molecule has 3 N–H and O–H groups in total. The van der Waals surface area contributed by atoms with Gasteiger partial charge < -0.3 is 15.0 Å². The maximum atomic E-state index is 15.8. The fourth-order valence-electron chi connectivity index (χ4n) is 7.41. The average Bonchev–Trinajstić information content (AvgIpc) is 3.93. The van der Waals surface area contributed by atoms with E-state index in [0.717, 1.165) is 26.6 Å². The lowest BCUT2D eigenvalue weighted by Crippen LogP contribution is -2.26. The van der Waals surface area contributed by atoms with Crippen molar-refractivity contribution in [1.82, 2.24) is 25.1 Å². The number of nitrogens with one attached hydrogen (secondary N) is 3. The number of alkyl halides is 1. The molecule has 4 heterocycles. The van der Waals surface area contributed by atoms with Crippen LogP contribution in [-0.4, -0.2) is 52.9 Å². The number of carbonyl (C=O) groups excluding carboxylic acids is 2. The fourth-order valence-corrected chi connectivity index (χ4v) is 10.4. The summed E-state index contributed by atoms with van der Waals surface area (Å²) >= 11 is 3.47. The van der Waals surface area contributed by atoms with Crippen molar-refractivity contribution < 1.29 is 31.5 Å². The van der Waals surface area contributed by atoms with E-state index in [1.165, 1.54) is 49.7 Å². The van der Waals surface area contributed by atoms with Gasteiger partial charge in [0.15, 0.2) is 17.5 Å². The Morgan fingerprint density at radius 3 is 2.39 bits per heavy atom. The maximum Gasteiger partial charge on any atom is 0.308 e. The molecule has 7 aromatic rings. The highest BCUT2D eigenvalue weighted by Crippen LogP contribution is 2.40. The molecule has 8 rings (SSSR count). The first-order chi connectivity index (χ1) is 29.6. The Labute approximate surface area is 372 Å². The Morgan fingerprint density at radius 2 is 1.69 bits per heavy atom. The molecule has 18 heteroatoms. The molecule has 1 aliphatic heterocycles. The summed E-state index contributed by atoms with van der Waals surface area (Å²) in [5.41, 5.74) is 5.36. The molecule has 1 aliphatic rings. The number of methoxy groups -OCH3 is 1. The number of aliphatic imine (C=N–C) groups is 1. The van der Waals surface area contributed by atoms with Crippen molar-refractivity contribution in [3.05, 3.63) is 146 Å². The van der Waals surface area contributed by atoms with Crippen LogP contribution in [0.1, 0.15) is 76.8 Å². The third-order valence-electron chi connectivity index (χ3n) is 10.8. The number of anilines is 1.